The fourth-order valence-corrected chi connectivity index (χ4v) is 2.53. The maximum Gasteiger partial charge on any atom is 0.226 e. The lowest BCUT2D eigenvalue weighted by Gasteiger charge is -2.10. The van der Waals surface area contributed by atoms with Crippen molar-refractivity contribution in [1.82, 2.24) is 5.32 Å². The molecule has 0 saturated heterocycles. The molecule has 0 aliphatic heterocycles. The van der Waals surface area contributed by atoms with Crippen LogP contribution >= 0.6 is 0 Å². The van der Waals surface area contributed by atoms with E-state index >= 15 is 0 Å². The van der Waals surface area contributed by atoms with Crippen molar-refractivity contribution < 1.29 is 14.0 Å². The van der Waals surface area contributed by atoms with E-state index in [1.165, 1.54) is 6.07 Å². The molecule has 21 heavy (non-hydrogen) atoms. The van der Waals surface area contributed by atoms with Gasteiger partial charge in [-0.15, -0.1) is 0 Å². The van der Waals surface area contributed by atoms with Gasteiger partial charge in [-0.3, -0.25) is 9.59 Å². The number of halogens is 1. The standard InChI is InChI=1S/C16H21FN2O2/c1-11-6-7-13(10-14(11)17)19-15(20)8-9-18-16(21)12-4-2-3-5-12/h6-7,10,12H,2-5,8-9H2,1H3,(H,18,21)(H,19,20). The van der Waals surface area contributed by atoms with Gasteiger partial charge in [-0.1, -0.05) is 18.9 Å². The Kier molecular flexibility index (Phi) is 5.31. The van der Waals surface area contributed by atoms with Crippen molar-refractivity contribution in [2.75, 3.05) is 11.9 Å². The number of carbonyl (C=O) groups excluding carboxylic acids is 2. The van der Waals surface area contributed by atoms with E-state index in [1.54, 1.807) is 19.1 Å². The van der Waals surface area contributed by atoms with Crippen LogP contribution in [0.3, 0.4) is 0 Å². The van der Waals surface area contributed by atoms with Crippen molar-refractivity contribution in [3.63, 3.8) is 0 Å². The molecule has 2 rings (SSSR count). The number of nitrogens with one attached hydrogen (secondary N) is 2. The molecular formula is C16H21FN2O2. The van der Waals surface area contributed by atoms with Crippen molar-refractivity contribution >= 4 is 17.5 Å². The predicted molar refractivity (Wildman–Crippen MR) is 79.4 cm³/mol. The highest BCUT2D eigenvalue weighted by atomic mass is 19.1. The molecule has 5 heteroatoms. The number of rotatable bonds is 5. The van der Waals surface area contributed by atoms with Gasteiger partial charge in [0.05, 0.1) is 0 Å². The van der Waals surface area contributed by atoms with Crippen molar-refractivity contribution in [2.24, 2.45) is 5.92 Å². The minimum absolute atomic E-state index is 0.0432. The number of hydrogen-bond acceptors (Lipinski definition) is 2. The molecule has 0 heterocycles. The third-order valence-electron chi connectivity index (χ3n) is 3.83. The summed E-state index contributed by atoms with van der Waals surface area (Å²) in [6, 6.07) is 4.57. The second kappa shape index (κ2) is 7.20. The average Bonchev–Trinajstić information content (AvgIpc) is 2.97. The molecule has 1 aliphatic carbocycles. The summed E-state index contributed by atoms with van der Waals surface area (Å²) < 4.78 is 13.4. The summed E-state index contributed by atoms with van der Waals surface area (Å²) in [5.41, 5.74) is 0.974. The van der Waals surface area contributed by atoms with Gasteiger partial charge in [0.1, 0.15) is 5.82 Å². The molecule has 4 nitrogen and oxygen atoms in total. The lowest BCUT2D eigenvalue weighted by atomic mass is 10.1. The molecule has 1 fully saturated rings. The van der Waals surface area contributed by atoms with Gasteiger partial charge in [-0.25, -0.2) is 4.39 Å². The van der Waals surface area contributed by atoms with Crippen LogP contribution in [-0.4, -0.2) is 18.4 Å². The molecule has 114 valence electrons. The Morgan fingerprint density at radius 1 is 1.29 bits per heavy atom. The Hall–Kier alpha value is -1.91. The lowest BCUT2D eigenvalue weighted by Crippen LogP contribution is -2.32. The fourth-order valence-electron chi connectivity index (χ4n) is 2.53. The van der Waals surface area contributed by atoms with E-state index in [9.17, 15) is 14.0 Å². The molecular weight excluding hydrogens is 271 g/mol. The molecule has 0 aromatic heterocycles. The van der Waals surface area contributed by atoms with Crippen LogP contribution in [0.25, 0.3) is 0 Å². The van der Waals surface area contributed by atoms with E-state index < -0.39 is 0 Å². The molecule has 0 radical (unpaired) electrons. The largest absolute Gasteiger partial charge is 0.355 e. The van der Waals surface area contributed by atoms with Crippen LogP contribution in [0.2, 0.25) is 0 Å². The predicted octanol–water partition coefficient (Wildman–Crippen LogP) is 2.77. The smallest absolute Gasteiger partial charge is 0.226 e. The lowest BCUT2D eigenvalue weighted by molar-refractivity contribution is -0.124. The number of anilines is 1. The van der Waals surface area contributed by atoms with Gasteiger partial charge >= 0.3 is 0 Å². The van der Waals surface area contributed by atoms with Gasteiger partial charge < -0.3 is 10.6 Å². The molecule has 1 saturated carbocycles. The minimum Gasteiger partial charge on any atom is -0.355 e. The van der Waals surface area contributed by atoms with E-state index in [1.807, 2.05) is 0 Å². The summed E-state index contributed by atoms with van der Waals surface area (Å²) >= 11 is 0. The first-order valence-electron chi connectivity index (χ1n) is 7.40. The highest BCUT2D eigenvalue weighted by Gasteiger charge is 2.22. The number of amides is 2. The van der Waals surface area contributed by atoms with Crippen LogP contribution in [-0.2, 0) is 9.59 Å². The van der Waals surface area contributed by atoms with Crippen LogP contribution in [0.15, 0.2) is 18.2 Å². The van der Waals surface area contributed by atoms with Crippen LogP contribution in [0.4, 0.5) is 10.1 Å². The van der Waals surface area contributed by atoms with Crippen molar-refractivity contribution in [3.05, 3.63) is 29.6 Å². The van der Waals surface area contributed by atoms with Crippen LogP contribution in [0.1, 0.15) is 37.7 Å². The van der Waals surface area contributed by atoms with E-state index in [0.717, 1.165) is 25.7 Å². The number of aryl methyl sites for hydroxylation is 1. The van der Waals surface area contributed by atoms with Gasteiger partial charge in [0.25, 0.3) is 0 Å². The first-order valence-corrected chi connectivity index (χ1v) is 7.40. The molecule has 0 atom stereocenters. The Morgan fingerprint density at radius 2 is 2.00 bits per heavy atom. The maximum atomic E-state index is 13.4. The zero-order valence-corrected chi connectivity index (χ0v) is 12.2. The summed E-state index contributed by atoms with van der Waals surface area (Å²) in [5, 5.41) is 5.41. The molecule has 2 amide bonds. The molecule has 2 N–H and O–H groups in total. The zero-order chi connectivity index (χ0) is 15.2. The van der Waals surface area contributed by atoms with Gasteiger partial charge in [0, 0.05) is 24.6 Å². The fraction of sp³-hybridized carbons (Fsp3) is 0.500. The van der Waals surface area contributed by atoms with Crippen molar-refractivity contribution in [2.45, 2.75) is 39.0 Å². The molecule has 0 bridgehead atoms. The Morgan fingerprint density at radius 3 is 2.67 bits per heavy atom. The SMILES string of the molecule is Cc1ccc(NC(=O)CCNC(=O)C2CCCC2)cc1F. The van der Waals surface area contributed by atoms with E-state index in [0.29, 0.717) is 17.8 Å². The summed E-state index contributed by atoms with van der Waals surface area (Å²) in [6.07, 6.45) is 4.30. The molecule has 1 aromatic rings. The molecule has 0 unspecified atom stereocenters. The van der Waals surface area contributed by atoms with E-state index in [-0.39, 0.29) is 30.0 Å². The van der Waals surface area contributed by atoms with Crippen LogP contribution < -0.4 is 10.6 Å². The van der Waals surface area contributed by atoms with Crippen molar-refractivity contribution in [3.8, 4) is 0 Å². The number of hydrogen-bond donors (Lipinski definition) is 2. The number of carbonyl (C=O) groups is 2. The maximum absolute atomic E-state index is 13.4. The quantitative estimate of drug-likeness (QED) is 0.876. The average molecular weight is 292 g/mol. The summed E-state index contributed by atoms with van der Waals surface area (Å²) in [5.74, 6) is -0.423. The third-order valence-corrected chi connectivity index (χ3v) is 3.83. The van der Waals surface area contributed by atoms with Gasteiger partial charge in [0.15, 0.2) is 0 Å². The summed E-state index contributed by atoms with van der Waals surface area (Å²) in [7, 11) is 0. The van der Waals surface area contributed by atoms with Crippen molar-refractivity contribution in [1.29, 1.82) is 0 Å². The highest BCUT2D eigenvalue weighted by Crippen LogP contribution is 2.24. The van der Waals surface area contributed by atoms with Crippen LogP contribution in [0, 0.1) is 18.7 Å². The number of benzene rings is 1. The first kappa shape index (κ1) is 15.5. The minimum atomic E-state index is -0.345. The topological polar surface area (TPSA) is 58.2 Å². The molecule has 0 spiro atoms. The first-order chi connectivity index (χ1) is 10.1. The monoisotopic (exact) mass is 292 g/mol. The second-order valence-corrected chi connectivity index (χ2v) is 5.53. The Balaban J connectivity index is 1.71. The zero-order valence-electron chi connectivity index (χ0n) is 12.2. The molecule has 1 aromatic carbocycles. The van der Waals surface area contributed by atoms with Gasteiger partial charge in [-0.05, 0) is 37.5 Å². The highest BCUT2D eigenvalue weighted by molar-refractivity contribution is 5.91. The Bertz CT molecular complexity index is 525. The second-order valence-electron chi connectivity index (χ2n) is 5.53. The summed E-state index contributed by atoms with van der Waals surface area (Å²) in [4.78, 5) is 23.5. The normalized spacial score (nSPS) is 15.0. The van der Waals surface area contributed by atoms with E-state index in [4.69, 9.17) is 0 Å². The van der Waals surface area contributed by atoms with Gasteiger partial charge in [-0.2, -0.15) is 0 Å². The third kappa shape index (κ3) is 4.55. The Labute approximate surface area is 124 Å². The van der Waals surface area contributed by atoms with Gasteiger partial charge in [0.2, 0.25) is 11.8 Å². The summed E-state index contributed by atoms with van der Waals surface area (Å²) in [6.45, 7) is 1.98. The van der Waals surface area contributed by atoms with E-state index in [2.05, 4.69) is 10.6 Å². The molecule has 1 aliphatic rings. The van der Waals surface area contributed by atoms with Crippen LogP contribution in [0.5, 0.6) is 0 Å².